The number of benzene rings is 2. The third-order valence-corrected chi connectivity index (χ3v) is 9.20. The smallest absolute Gasteiger partial charge is 0.405 e. The lowest BCUT2D eigenvalue weighted by molar-refractivity contribution is -0.135. The highest BCUT2D eigenvalue weighted by molar-refractivity contribution is 5.86. The van der Waals surface area contributed by atoms with Crippen LogP contribution in [-0.2, 0) is 9.59 Å². The molecule has 0 saturated carbocycles. The summed E-state index contributed by atoms with van der Waals surface area (Å²) in [5, 5.41) is 14.6. The van der Waals surface area contributed by atoms with E-state index in [0.29, 0.717) is 18.9 Å². The number of amides is 3. The number of carbonyl (C=O) groups is 3. The molecule has 47 heavy (non-hydrogen) atoms. The summed E-state index contributed by atoms with van der Waals surface area (Å²) in [6.45, 7) is 5.32. The quantitative estimate of drug-likeness (QED) is 0.164. The van der Waals surface area contributed by atoms with E-state index in [0.717, 1.165) is 71.7 Å². The van der Waals surface area contributed by atoms with Crippen LogP contribution in [0.3, 0.4) is 0 Å². The molecule has 2 fully saturated rings. The number of hydrogen-bond acceptors (Lipinski definition) is 6. The summed E-state index contributed by atoms with van der Waals surface area (Å²) in [5.74, 6) is 1.23. The lowest BCUT2D eigenvalue weighted by Crippen LogP contribution is -2.50. The Labute approximate surface area is 274 Å². The molecule has 0 unspecified atom stereocenters. The van der Waals surface area contributed by atoms with Crippen molar-refractivity contribution in [2.24, 2.45) is 5.92 Å². The van der Waals surface area contributed by atoms with Gasteiger partial charge in [0.1, 0.15) is 17.7 Å². The maximum absolute atomic E-state index is 13.3. The number of likely N-dealkylation sites (tertiary alicyclic amines) is 2. The van der Waals surface area contributed by atoms with E-state index >= 15 is 0 Å². The maximum atomic E-state index is 13.3. The van der Waals surface area contributed by atoms with Crippen molar-refractivity contribution in [3.63, 3.8) is 0 Å². The van der Waals surface area contributed by atoms with Gasteiger partial charge in [0.05, 0.1) is 42.4 Å². The van der Waals surface area contributed by atoms with Gasteiger partial charge in [-0.25, -0.2) is 14.8 Å². The average molecular weight is 639 g/mol. The van der Waals surface area contributed by atoms with Gasteiger partial charge in [0.2, 0.25) is 11.8 Å². The van der Waals surface area contributed by atoms with E-state index in [2.05, 4.69) is 67.0 Å². The molecule has 5 N–H and O–H groups in total. The molecule has 0 aliphatic carbocycles. The van der Waals surface area contributed by atoms with Gasteiger partial charge in [0.15, 0.2) is 0 Å². The van der Waals surface area contributed by atoms with Crippen LogP contribution in [0.1, 0.15) is 63.3 Å². The van der Waals surface area contributed by atoms with Crippen molar-refractivity contribution in [1.29, 1.82) is 0 Å². The van der Waals surface area contributed by atoms with Gasteiger partial charge in [0.25, 0.3) is 0 Å². The molecule has 0 bridgehead atoms. The lowest BCUT2D eigenvalue weighted by atomic mass is 10.0. The predicted molar refractivity (Wildman–Crippen MR) is 178 cm³/mol. The zero-order valence-corrected chi connectivity index (χ0v) is 27.0. The second kappa shape index (κ2) is 13.8. The van der Waals surface area contributed by atoms with Crippen LogP contribution in [0, 0.1) is 5.92 Å². The van der Waals surface area contributed by atoms with Gasteiger partial charge in [-0.3, -0.25) is 9.59 Å². The van der Waals surface area contributed by atoms with Crippen LogP contribution in [0.5, 0.6) is 0 Å². The molecule has 0 radical (unpaired) electrons. The molecule has 3 atom stereocenters. The van der Waals surface area contributed by atoms with Gasteiger partial charge in [-0.1, -0.05) is 62.4 Å². The van der Waals surface area contributed by atoms with Gasteiger partial charge < -0.3 is 35.5 Å². The monoisotopic (exact) mass is 638 g/mol. The minimum atomic E-state index is -1.20. The number of nitrogens with one attached hydrogen (secondary N) is 4. The minimum absolute atomic E-state index is 0.0220. The van der Waals surface area contributed by atoms with Crippen molar-refractivity contribution < 1.29 is 19.5 Å². The van der Waals surface area contributed by atoms with Crippen LogP contribution in [-0.4, -0.2) is 85.5 Å². The number of likely N-dealkylation sites (N-methyl/N-ethyl adjacent to an activating group) is 1. The Kier molecular flexibility index (Phi) is 9.39. The third-order valence-electron chi connectivity index (χ3n) is 9.20. The van der Waals surface area contributed by atoms with Crippen LogP contribution in [0.25, 0.3) is 33.6 Å². The fraction of sp³-hybridized carbons (Fsp3) is 0.400. The molecule has 4 aromatic rings. The summed E-state index contributed by atoms with van der Waals surface area (Å²) in [6.07, 6.45) is 5.89. The fourth-order valence-electron chi connectivity index (χ4n) is 6.73. The summed E-state index contributed by atoms with van der Waals surface area (Å²) in [7, 11) is 1.78. The van der Waals surface area contributed by atoms with Crippen LogP contribution < -0.4 is 10.6 Å². The first kappa shape index (κ1) is 32.0. The van der Waals surface area contributed by atoms with Gasteiger partial charge in [0, 0.05) is 13.1 Å². The number of aromatic amines is 2. The molecule has 246 valence electrons. The largest absolute Gasteiger partial charge is 0.465 e. The first-order valence-electron chi connectivity index (χ1n) is 16.3. The zero-order chi connectivity index (χ0) is 33.1. The Morgan fingerprint density at radius 3 is 1.74 bits per heavy atom. The van der Waals surface area contributed by atoms with E-state index in [1.54, 1.807) is 18.1 Å². The number of imidazole rings is 2. The minimum Gasteiger partial charge on any atom is -0.465 e. The molecule has 12 nitrogen and oxygen atoms in total. The van der Waals surface area contributed by atoms with Gasteiger partial charge in [-0.05, 0) is 60.9 Å². The number of H-pyrrole nitrogens is 2. The van der Waals surface area contributed by atoms with Crippen molar-refractivity contribution >= 4 is 17.9 Å². The third kappa shape index (κ3) is 6.78. The number of rotatable bonds is 10. The molecular formula is C35H42N8O4. The topological polar surface area (TPSA) is 159 Å². The number of aromatic nitrogens is 4. The summed E-state index contributed by atoms with van der Waals surface area (Å²) < 4.78 is 0. The van der Waals surface area contributed by atoms with E-state index in [4.69, 9.17) is 0 Å². The average Bonchev–Trinajstić information content (AvgIpc) is 3.89. The molecular weight excluding hydrogens is 596 g/mol. The lowest BCUT2D eigenvalue weighted by Gasteiger charge is -2.29. The SMILES string of the molecule is CNCC(=O)N1CCC[C@H]1c1ncc(-c2ccc(-c3ccc(-c4cnc([C@@H]5CCCN5C(=O)[C@@H](NC(=O)O)C(C)C)[nH]4)cc3)cc2)[nH]1. The molecule has 4 heterocycles. The molecule has 2 aliphatic heterocycles. The van der Waals surface area contributed by atoms with Crippen molar-refractivity contribution in [3.05, 3.63) is 72.6 Å². The number of nitrogens with zero attached hydrogens (tertiary/aromatic N) is 4. The van der Waals surface area contributed by atoms with Gasteiger partial charge in [-0.15, -0.1) is 0 Å². The molecule has 2 saturated heterocycles. The summed E-state index contributed by atoms with van der Waals surface area (Å²) in [4.78, 5) is 56.9. The highest BCUT2D eigenvalue weighted by atomic mass is 16.4. The second-order valence-corrected chi connectivity index (χ2v) is 12.7. The Morgan fingerprint density at radius 1 is 0.809 bits per heavy atom. The van der Waals surface area contributed by atoms with Crippen LogP contribution in [0.4, 0.5) is 4.79 Å². The Bertz CT molecular complexity index is 1710. The summed E-state index contributed by atoms with van der Waals surface area (Å²) in [6, 6.07) is 15.5. The van der Waals surface area contributed by atoms with Crippen LogP contribution in [0.15, 0.2) is 60.9 Å². The van der Waals surface area contributed by atoms with E-state index < -0.39 is 12.1 Å². The van der Waals surface area contributed by atoms with Crippen molar-refractivity contribution in [1.82, 2.24) is 40.4 Å². The Morgan fingerprint density at radius 2 is 1.28 bits per heavy atom. The Hall–Kier alpha value is -4.97. The molecule has 12 heteroatoms. The highest BCUT2D eigenvalue weighted by Crippen LogP contribution is 2.34. The fourth-order valence-corrected chi connectivity index (χ4v) is 6.73. The van der Waals surface area contributed by atoms with E-state index in [-0.39, 0.29) is 29.8 Å². The van der Waals surface area contributed by atoms with Crippen molar-refractivity contribution in [2.75, 3.05) is 26.7 Å². The molecule has 6 rings (SSSR count). The molecule has 3 amide bonds. The number of hydrogen-bond donors (Lipinski definition) is 5. The first-order chi connectivity index (χ1) is 22.7. The van der Waals surface area contributed by atoms with Gasteiger partial charge >= 0.3 is 6.09 Å². The van der Waals surface area contributed by atoms with Crippen LogP contribution in [0.2, 0.25) is 0 Å². The zero-order valence-electron chi connectivity index (χ0n) is 27.0. The van der Waals surface area contributed by atoms with E-state index in [1.165, 1.54) is 0 Å². The number of carbonyl (C=O) groups excluding carboxylic acids is 2. The highest BCUT2D eigenvalue weighted by Gasteiger charge is 2.37. The number of carboxylic acid groups (broad SMARTS) is 1. The van der Waals surface area contributed by atoms with Crippen molar-refractivity contribution in [2.45, 2.75) is 57.7 Å². The standard InChI is InChI=1S/C35H42N8O4/c1-21(2)31(41-35(46)47)34(45)43-17-5-7-29(43)33-38-19-27(40-33)25-14-10-23(11-15-25)22-8-12-24(13-9-22)26-18-37-32(39-26)28-6-4-16-42(28)30(44)20-36-3/h8-15,18-19,21,28-29,31,36,41H,4-7,16-17,20H2,1-3H3,(H,37,39)(H,38,40)(H,46,47)/t28-,29-,31-/m0/s1. The normalized spacial score (nSPS) is 18.6. The van der Waals surface area contributed by atoms with E-state index in [1.807, 2.05) is 37.1 Å². The maximum Gasteiger partial charge on any atom is 0.405 e. The van der Waals surface area contributed by atoms with Crippen LogP contribution >= 0.6 is 0 Å². The summed E-state index contributed by atoms with van der Waals surface area (Å²) in [5.41, 5.74) is 5.94. The van der Waals surface area contributed by atoms with Gasteiger partial charge in [-0.2, -0.15) is 0 Å². The second-order valence-electron chi connectivity index (χ2n) is 12.7. The molecule has 0 spiro atoms. The molecule has 2 aliphatic rings. The molecule has 2 aromatic heterocycles. The Balaban J connectivity index is 1.12. The molecule has 2 aromatic carbocycles. The summed E-state index contributed by atoms with van der Waals surface area (Å²) >= 11 is 0. The van der Waals surface area contributed by atoms with Crippen molar-refractivity contribution in [3.8, 4) is 33.6 Å². The first-order valence-corrected chi connectivity index (χ1v) is 16.3. The predicted octanol–water partition coefficient (Wildman–Crippen LogP) is 4.97. The van der Waals surface area contributed by atoms with E-state index in [9.17, 15) is 19.5 Å².